The van der Waals surface area contributed by atoms with Crippen molar-refractivity contribution in [2.75, 3.05) is 24.6 Å². The largest absolute Gasteiger partial charge is 0.493 e. The Bertz CT molecular complexity index is 809. The van der Waals surface area contributed by atoms with Crippen LogP contribution in [-0.4, -0.2) is 39.2 Å². The first-order valence-electron chi connectivity index (χ1n) is 8.36. The van der Waals surface area contributed by atoms with Crippen molar-refractivity contribution in [2.45, 2.75) is 12.8 Å². The Hall–Kier alpha value is -2.63. The zero-order chi connectivity index (χ0) is 16.4. The highest BCUT2D eigenvalue weighted by Crippen LogP contribution is 2.25. The molecule has 6 heteroatoms. The van der Waals surface area contributed by atoms with Crippen LogP contribution in [-0.2, 0) is 7.05 Å². The fourth-order valence-electron chi connectivity index (χ4n) is 3.24. The first-order valence-corrected chi connectivity index (χ1v) is 8.36. The number of fused-ring (bicyclic) bond motifs is 1. The number of aromatic nitrogens is 4. The molecule has 1 fully saturated rings. The minimum Gasteiger partial charge on any atom is -0.493 e. The molecule has 0 aromatic carbocycles. The van der Waals surface area contributed by atoms with Crippen LogP contribution in [0.25, 0.3) is 11.2 Å². The van der Waals surface area contributed by atoms with Gasteiger partial charge in [0.1, 0.15) is 11.3 Å². The van der Waals surface area contributed by atoms with E-state index in [2.05, 4.69) is 19.4 Å². The zero-order valence-electron chi connectivity index (χ0n) is 13.8. The Morgan fingerprint density at radius 2 is 1.92 bits per heavy atom. The highest BCUT2D eigenvalue weighted by Gasteiger charge is 2.23. The Morgan fingerprint density at radius 3 is 2.67 bits per heavy atom. The lowest BCUT2D eigenvalue weighted by molar-refractivity contribution is 0.222. The molecule has 0 bridgehead atoms. The van der Waals surface area contributed by atoms with Crippen molar-refractivity contribution in [2.24, 2.45) is 13.0 Å². The number of imidazole rings is 1. The van der Waals surface area contributed by atoms with Gasteiger partial charge in [-0.1, -0.05) is 0 Å². The van der Waals surface area contributed by atoms with Crippen LogP contribution >= 0.6 is 0 Å². The summed E-state index contributed by atoms with van der Waals surface area (Å²) < 4.78 is 7.96. The molecule has 0 spiro atoms. The molecule has 0 radical (unpaired) electrons. The van der Waals surface area contributed by atoms with Gasteiger partial charge in [-0.25, -0.2) is 9.97 Å². The number of hydrogen-bond acceptors (Lipinski definition) is 5. The van der Waals surface area contributed by atoms with Gasteiger partial charge in [0.05, 0.1) is 6.61 Å². The zero-order valence-corrected chi connectivity index (χ0v) is 13.8. The van der Waals surface area contributed by atoms with Crippen molar-refractivity contribution in [3.63, 3.8) is 0 Å². The van der Waals surface area contributed by atoms with Crippen LogP contribution in [0.3, 0.4) is 0 Å². The van der Waals surface area contributed by atoms with E-state index in [4.69, 9.17) is 9.72 Å². The maximum absolute atomic E-state index is 5.87. The van der Waals surface area contributed by atoms with E-state index in [9.17, 15) is 0 Å². The lowest BCUT2D eigenvalue weighted by atomic mass is 9.98. The molecule has 1 aliphatic rings. The van der Waals surface area contributed by atoms with Crippen LogP contribution in [0.4, 0.5) is 5.95 Å². The number of anilines is 1. The normalized spacial score (nSPS) is 15.8. The molecular formula is C18H21N5O. The Labute approximate surface area is 141 Å². The van der Waals surface area contributed by atoms with Crippen molar-refractivity contribution in [1.29, 1.82) is 0 Å². The minimum absolute atomic E-state index is 0.585. The van der Waals surface area contributed by atoms with Gasteiger partial charge < -0.3 is 9.64 Å². The predicted molar refractivity (Wildman–Crippen MR) is 93.2 cm³/mol. The predicted octanol–water partition coefficient (Wildman–Crippen LogP) is 2.66. The second kappa shape index (κ2) is 6.47. The smallest absolute Gasteiger partial charge is 0.207 e. The van der Waals surface area contributed by atoms with Gasteiger partial charge in [0, 0.05) is 38.7 Å². The van der Waals surface area contributed by atoms with E-state index in [0.29, 0.717) is 5.92 Å². The topological polar surface area (TPSA) is 56.1 Å². The monoisotopic (exact) mass is 323 g/mol. The number of aryl methyl sites for hydroxylation is 1. The molecule has 0 unspecified atom stereocenters. The third-order valence-corrected chi connectivity index (χ3v) is 4.64. The fourth-order valence-corrected chi connectivity index (χ4v) is 3.24. The van der Waals surface area contributed by atoms with Crippen molar-refractivity contribution < 1.29 is 4.74 Å². The molecule has 0 aliphatic carbocycles. The maximum atomic E-state index is 5.87. The summed E-state index contributed by atoms with van der Waals surface area (Å²) >= 11 is 0. The van der Waals surface area contributed by atoms with Gasteiger partial charge >= 0.3 is 0 Å². The fraction of sp³-hybridized carbons (Fsp3) is 0.389. The summed E-state index contributed by atoms with van der Waals surface area (Å²) in [7, 11) is 2.04. The van der Waals surface area contributed by atoms with Crippen molar-refractivity contribution >= 4 is 17.1 Å². The number of rotatable bonds is 4. The van der Waals surface area contributed by atoms with E-state index >= 15 is 0 Å². The van der Waals surface area contributed by atoms with E-state index in [-0.39, 0.29) is 0 Å². The van der Waals surface area contributed by atoms with Crippen LogP contribution in [0.5, 0.6) is 5.75 Å². The summed E-state index contributed by atoms with van der Waals surface area (Å²) in [4.78, 5) is 15.5. The van der Waals surface area contributed by atoms with Gasteiger partial charge in [0.2, 0.25) is 5.95 Å². The van der Waals surface area contributed by atoms with Crippen LogP contribution in [0.15, 0.2) is 42.9 Å². The summed E-state index contributed by atoms with van der Waals surface area (Å²) in [5.41, 5.74) is 1.90. The third kappa shape index (κ3) is 2.91. The molecule has 1 aliphatic heterocycles. The second-order valence-corrected chi connectivity index (χ2v) is 6.24. The summed E-state index contributed by atoms with van der Waals surface area (Å²) in [6.45, 7) is 2.77. The molecule has 4 heterocycles. The summed E-state index contributed by atoms with van der Waals surface area (Å²) in [5, 5.41) is 0. The Morgan fingerprint density at radius 1 is 1.12 bits per heavy atom. The number of hydrogen-bond donors (Lipinski definition) is 0. The molecule has 24 heavy (non-hydrogen) atoms. The molecule has 1 saturated heterocycles. The second-order valence-electron chi connectivity index (χ2n) is 6.24. The van der Waals surface area contributed by atoms with Gasteiger partial charge in [-0.3, -0.25) is 9.55 Å². The quantitative estimate of drug-likeness (QED) is 0.739. The number of ether oxygens (including phenoxy) is 1. The summed E-state index contributed by atoms with van der Waals surface area (Å²) in [6, 6.07) is 7.76. The molecule has 0 amide bonds. The summed E-state index contributed by atoms with van der Waals surface area (Å²) in [6.07, 6.45) is 7.56. The number of pyridine rings is 2. The van der Waals surface area contributed by atoms with E-state index in [1.54, 1.807) is 12.4 Å². The van der Waals surface area contributed by atoms with Crippen LogP contribution in [0.2, 0.25) is 0 Å². The maximum Gasteiger partial charge on any atom is 0.207 e. The van der Waals surface area contributed by atoms with E-state index < -0.39 is 0 Å². The Kier molecular flexibility index (Phi) is 4.02. The van der Waals surface area contributed by atoms with E-state index in [0.717, 1.165) is 55.4 Å². The first kappa shape index (κ1) is 14.9. The molecule has 124 valence electrons. The lowest BCUT2D eigenvalue weighted by Gasteiger charge is -2.32. The van der Waals surface area contributed by atoms with Crippen LogP contribution in [0.1, 0.15) is 12.8 Å². The molecule has 3 aromatic heterocycles. The van der Waals surface area contributed by atoms with Crippen LogP contribution in [0, 0.1) is 5.92 Å². The van der Waals surface area contributed by atoms with E-state index in [1.165, 1.54) is 0 Å². The molecule has 4 rings (SSSR count). The minimum atomic E-state index is 0.585. The molecular weight excluding hydrogens is 302 g/mol. The standard InChI is InChI=1S/C18H21N5O/c1-22-17-16(3-2-8-20-17)21-18(22)23-11-6-14(7-12-23)13-24-15-4-9-19-10-5-15/h2-5,8-10,14H,6-7,11-13H2,1H3. The summed E-state index contributed by atoms with van der Waals surface area (Å²) in [5.74, 6) is 2.49. The van der Waals surface area contributed by atoms with E-state index in [1.807, 2.05) is 37.5 Å². The highest BCUT2D eigenvalue weighted by molar-refractivity contribution is 5.74. The molecule has 0 N–H and O–H groups in total. The number of piperidine rings is 1. The molecule has 6 nitrogen and oxygen atoms in total. The van der Waals surface area contributed by atoms with Crippen molar-refractivity contribution in [3.8, 4) is 5.75 Å². The van der Waals surface area contributed by atoms with Crippen molar-refractivity contribution in [3.05, 3.63) is 42.9 Å². The average molecular weight is 323 g/mol. The lowest BCUT2D eigenvalue weighted by Crippen LogP contribution is -2.37. The van der Waals surface area contributed by atoms with Gasteiger partial charge in [-0.05, 0) is 43.0 Å². The van der Waals surface area contributed by atoms with Gasteiger partial charge in [-0.15, -0.1) is 0 Å². The van der Waals surface area contributed by atoms with Gasteiger partial charge in [-0.2, -0.15) is 0 Å². The molecule has 0 saturated carbocycles. The third-order valence-electron chi connectivity index (χ3n) is 4.64. The van der Waals surface area contributed by atoms with Crippen molar-refractivity contribution in [1.82, 2.24) is 19.5 Å². The highest BCUT2D eigenvalue weighted by atomic mass is 16.5. The Balaban J connectivity index is 1.38. The average Bonchev–Trinajstić information content (AvgIpc) is 2.98. The molecule has 3 aromatic rings. The number of nitrogens with zero attached hydrogens (tertiary/aromatic N) is 5. The first-order chi connectivity index (χ1) is 11.8. The van der Waals surface area contributed by atoms with Gasteiger partial charge in [0.15, 0.2) is 5.65 Å². The SMILES string of the molecule is Cn1c(N2CCC(COc3ccncc3)CC2)nc2cccnc21. The molecule has 0 atom stereocenters. The van der Waals surface area contributed by atoms with Crippen LogP contribution < -0.4 is 9.64 Å². The van der Waals surface area contributed by atoms with Gasteiger partial charge in [0.25, 0.3) is 0 Å².